The minimum Gasteiger partial charge on any atom is -0.489 e. The molecule has 2 aromatic rings. The molecule has 5 heteroatoms. The first-order valence-corrected chi connectivity index (χ1v) is 6.30. The summed E-state index contributed by atoms with van der Waals surface area (Å²) in [7, 11) is 0. The maximum Gasteiger partial charge on any atom is 0.197 e. The third-order valence-corrected chi connectivity index (χ3v) is 2.94. The molecule has 1 aliphatic heterocycles. The molecule has 0 aromatic carbocycles. The number of rotatable bonds is 0. The molecular weight excluding hydrogens is 238 g/mol. The van der Waals surface area contributed by atoms with Crippen LogP contribution >= 0.6 is 11.6 Å². The van der Waals surface area contributed by atoms with Gasteiger partial charge in [-0.2, -0.15) is 5.10 Å². The van der Waals surface area contributed by atoms with Gasteiger partial charge in [-0.05, 0) is 19.8 Å². The number of aromatic nitrogens is 3. The highest BCUT2D eigenvalue weighted by Crippen LogP contribution is 2.33. The standard InChI is InChI=1S/C10H10ClN3O.C2H6/c1-6-5-12-10-8-7(3-2-4-15-8)9(11)13-14(6)10;1-2/h5H,2-4H2,1H3;1-2H3. The fraction of sp³-hybridized carbons (Fsp3) is 0.500. The Morgan fingerprint density at radius 3 is 2.94 bits per heavy atom. The molecule has 0 amide bonds. The number of nitrogens with zero attached hydrogens (tertiary/aromatic N) is 3. The van der Waals surface area contributed by atoms with E-state index in [1.165, 1.54) is 0 Å². The summed E-state index contributed by atoms with van der Waals surface area (Å²) in [6, 6.07) is 0. The van der Waals surface area contributed by atoms with Gasteiger partial charge in [-0.3, -0.25) is 0 Å². The zero-order chi connectivity index (χ0) is 12.4. The Hall–Kier alpha value is -1.29. The first-order chi connectivity index (χ1) is 8.27. The van der Waals surface area contributed by atoms with Crippen LogP contribution in [-0.2, 0) is 6.42 Å². The number of ether oxygens (including phenoxy) is 1. The van der Waals surface area contributed by atoms with Crippen molar-refractivity contribution in [3.8, 4) is 5.75 Å². The van der Waals surface area contributed by atoms with Gasteiger partial charge >= 0.3 is 0 Å². The lowest BCUT2D eigenvalue weighted by Crippen LogP contribution is -2.12. The summed E-state index contributed by atoms with van der Waals surface area (Å²) in [6.07, 6.45) is 3.69. The van der Waals surface area contributed by atoms with Crippen molar-refractivity contribution >= 4 is 17.2 Å². The molecule has 4 nitrogen and oxygen atoms in total. The van der Waals surface area contributed by atoms with Gasteiger partial charge < -0.3 is 4.74 Å². The van der Waals surface area contributed by atoms with Crippen LogP contribution in [-0.4, -0.2) is 21.2 Å². The highest BCUT2D eigenvalue weighted by atomic mass is 35.5. The van der Waals surface area contributed by atoms with E-state index in [-0.39, 0.29) is 0 Å². The first kappa shape index (κ1) is 12.2. The maximum absolute atomic E-state index is 6.11. The van der Waals surface area contributed by atoms with Crippen molar-refractivity contribution < 1.29 is 4.74 Å². The van der Waals surface area contributed by atoms with Gasteiger partial charge in [-0.1, -0.05) is 25.4 Å². The highest BCUT2D eigenvalue weighted by Gasteiger charge is 2.20. The van der Waals surface area contributed by atoms with Crippen molar-refractivity contribution in [3.05, 3.63) is 22.6 Å². The lowest BCUT2D eigenvalue weighted by atomic mass is 10.1. The summed E-state index contributed by atoms with van der Waals surface area (Å²) in [5.41, 5.74) is 2.72. The summed E-state index contributed by atoms with van der Waals surface area (Å²) < 4.78 is 7.35. The molecule has 0 aliphatic carbocycles. The summed E-state index contributed by atoms with van der Waals surface area (Å²) in [4.78, 5) is 4.29. The van der Waals surface area contributed by atoms with Crippen molar-refractivity contribution in [2.24, 2.45) is 0 Å². The van der Waals surface area contributed by atoms with Crippen LogP contribution in [0.3, 0.4) is 0 Å². The minimum atomic E-state index is 0.526. The zero-order valence-electron chi connectivity index (χ0n) is 10.3. The molecule has 92 valence electrons. The fourth-order valence-electron chi connectivity index (χ4n) is 1.88. The van der Waals surface area contributed by atoms with Crippen LogP contribution < -0.4 is 4.74 Å². The number of halogens is 1. The molecule has 0 unspecified atom stereocenters. The SMILES string of the molecule is CC.Cc1cnc2c3c(c(Cl)nn12)CCCO3. The van der Waals surface area contributed by atoms with Gasteiger partial charge in [0, 0.05) is 5.56 Å². The van der Waals surface area contributed by atoms with Gasteiger partial charge in [0.2, 0.25) is 0 Å². The van der Waals surface area contributed by atoms with Crippen LogP contribution in [0.5, 0.6) is 5.75 Å². The Labute approximate surface area is 106 Å². The summed E-state index contributed by atoms with van der Waals surface area (Å²) in [5, 5.41) is 4.81. The zero-order valence-corrected chi connectivity index (χ0v) is 11.1. The van der Waals surface area contributed by atoms with Crippen LogP contribution in [0.4, 0.5) is 0 Å². The molecule has 0 bridgehead atoms. The second kappa shape index (κ2) is 4.92. The third kappa shape index (κ3) is 1.97. The second-order valence-corrected chi connectivity index (χ2v) is 4.04. The predicted molar refractivity (Wildman–Crippen MR) is 67.9 cm³/mol. The third-order valence-electron chi connectivity index (χ3n) is 2.64. The molecule has 0 saturated carbocycles. The number of imidazole rings is 1. The Morgan fingerprint density at radius 1 is 1.41 bits per heavy atom. The van der Waals surface area contributed by atoms with Gasteiger partial charge in [0.1, 0.15) is 0 Å². The van der Waals surface area contributed by atoms with Crippen LogP contribution in [0, 0.1) is 6.92 Å². The molecular formula is C12H16ClN3O. The summed E-state index contributed by atoms with van der Waals surface area (Å²) in [5.74, 6) is 0.800. The Morgan fingerprint density at radius 2 is 2.18 bits per heavy atom. The molecule has 0 saturated heterocycles. The van der Waals surface area contributed by atoms with E-state index < -0.39 is 0 Å². The van der Waals surface area contributed by atoms with Gasteiger partial charge in [-0.15, -0.1) is 0 Å². The molecule has 0 N–H and O–H groups in total. The largest absolute Gasteiger partial charge is 0.489 e. The predicted octanol–water partition coefficient (Wildman–Crippen LogP) is 3.04. The number of hydrogen-bond donors (Lipinski definition) is 0. The van der Waals surface area contributed by atoms with Crippen molar-refractivity contribution in [2.45, 2.75) is 33.6 Å². The van der Waals surface area contributed by atoms with Gasteiger partial charge in [-0.25, -0.2) is 9.50 Å². The fourth-order valence-corrected chi connectivity index (χ4v) is 2.14. The molecule has 1 aliphatic rings. The van der Waals surface area contributed by atoms with Crippen LogP contribution in [0.15, 0.2) is 6.20 Å². The van der Waals surface area contributed by atoms with Crippen molar-refractivity contribution in [1.82, 2.24) is 14.6 Å². The Kier molecular flexibility index (Phi) is 3.52. The monoisotopic (exact) mass is 253 g/mol. The Bertz CT molecular complexity index is 536. The highest BCUT2D eigenvalue weighted by molar-refractivity contribution is 6.30. The molecule has 3 rings (SSSR count). The number of hydrogen-bond acceptors (Lipinski definition) is 3. The second-order valence-electron chi connectivity index (χ2n) is 3.69. The normalized spacial score (nSPS) is 13.6. The average molecular weight is 254 g/mol. The Balaban J connectivity index is 0.000000514. The molecule has 2 aromatic heterocycles. The van der Waals surface area contributed by atoms with Crippen LogP contribution in [0.1, 0.15) is 31.5 Å². The number of fused-ring (bicyclic) bond motifs is 3. The van der Waals surface area contributed by atoms with E-state index in [1.54, 1.807) is 10.7 Å². The van der Waals surface area contributed by atoms with Crippen molar-refractivity contribution in [3.63, 3.8) is 0 Å². The van der Waals surface area contributed by atoms with E-state index in [0.29, 0.717) is 5.15 Å². The van der Waals surface area contributed by atoms with Gasteiger partial charge in [0.15, 0.2) is 16.5 Å². The van der Waals surface area contributed by atoms with E-state index >= 15 is 0 Å². The lowest BCUT2D eigenvalue weighted by molar-refractivity contribution is 0.289. The maximum atomic E-state index is 6.11. The first-order valence-electron chi connectivity index (χ1n) is 5.93. The smallest absolute Gasteiger partial charge is 0.197 e. The molecule has 0 atom stereocenters. The lowest BCUT2D eigenvalue weighted by Gasteiger charge is -2.18. The quantitative estimate of drug-likeness (QED) is 0.725. The molecule has 0 radical (unpaired) electrons. The summed E-state index contributed by atoms with van der Waals surface area (Å²) in [6.45, 7) is 6.67. The molecule has 0 spiro atoms. The number of aryl methyl sites for hydroxylation is 1. The molecule has 0 fully saturated rings. The van der Waals surface area contributed by atoms with E-state index in [0.717, 1.165) is 42.1 Å². The van der Waals surface area contributed by atoms with Crippen molar-refractivity contribution in [1.29, 1.82) is 0 Å². The molecule has 17 heavy (non-hydrogen) atoms. The van der Waals surface area contributed by atoms with Crippen LogP contribution in [0.25, 0.3) is 5.65 Å². The van der Waals surface area contributed by atoms with Crippen LogP contribution in [0.2, 0.25) is 5.15 Å². The van der Waals surface area contributed by atoms with Gasteiger partial charge in [0.25, 0.3) is 0 Å². The van der Waals surface area contributed by atoms with E-state index in [2.05, 4.69) is 10.1 Å². The minimum absolute atomic E-state index is 0.526. The topological polar surface area (TPSA) is 39.4 Å². The molecule has 3 heterocycles. The average Bonchev–Trinajstić information content (AvgIpc) is 2.75. The van der Waals surface area contributed by atoms with E-state index in [4.69, 9.17) is 16.3 Å². The van der Waals surface area contributed by atoms with E-state index in [9.17, 15) is 0 Å². The van der Waals surface area contributed by atoms with E-state index in [1.807, 2.05) is 20.8 Å². The van der Waals surface area contributed by atoms with Gasteiger partial charge in [0.05, 0.1) is 18.5 Å². The van der Waals surface area contributed by atoms with Crippen molar-refractivity contribution in [2.75, 3.05) is 6.61 Å². The summed E-state index contributed by atoms with van der Waals surface area (Å²) >= 11 is 6.11.